The number of nitrogens with zero attached hydrogens (tertiary/aromatic N) is 1. The second kappa shape index (κ2) is 6.43. The summed E-state index contributed by atoms with van der Waals surface area (Å²) in [4.78, 5) is 0.731. The van der Waals surface area contributed by atoms with Crippen LogP contribution in [0.5, 0.6) is 5.75 Å². The molecule has 0 aromatic heterocycles. The van der Waals surface area contributed by atoms with Crippen LogP contribution in [0, 0.1) is 0 Å². The van der Waals surface area contributed by atoms with Gasteiger partial charge in [-0.15, -0.1) is 0 Å². The summed E-state index contributed by atoms with van der Waals surface area (Å²) in [5.74, 6) is -0.627. The van der Waals surface area contributed by atoms with Crippen LogP contribution in [0.15, 0.2) is 42.5 Å². The lowest BCUT2D eigenvalue weighted by Crippen LogP contribution is -2.31. The molecule has 0 radical (unpaired) electrons. The number of rotatable bonds is 2. The predicted molar refractivity (Wildman–Crippen MR) is 83.5 cm³/mol. The Morgan fingerprint density at radius 2 is 1.48 bits per heavy atom. The Kier molecular flexibility index (Phi) is 4.85. The zero-order chi connectivity index (χ0) is 19.0. The van der Waals surface area contributed by atoms with Crippen LogP contribution in [-0.4, -0.2) is 10.2 Å². The maximum atomic E-state index is 12.9. The smallest absolute Gasteiger partial charge is 0.416 e. The van der Waals surface area contributed by atoms with Gasteiger partial charge in [0.25, 0.3) is 0 Å². The van der Waals surface area contributed by atoms with Crippen molar-refractivity contribution in [1.29, 1.82) is 0 Å². The first-order valence-corrected chi connectivity index (χ1v) is 6.99. The number of nitrogens with two attached hydrogens (primary N) is 1. The topological polar surface area (TPSA) is 49.5 Å². The normalized spacial score (nSPS) is 12.1. The van der Waals surface area contributed by atoms with E-state index in [1.54, 1.807) is 0 Å². The highest BCUT2D eigenvalue weighted by Gasteiger charge is 2.33. The van der Waals surface area contributed by atoms with Crippen LogP contribution in [-0.2, 0) is 12.4 Å². The van der Waals surface area contributed by atoms with Crippen molar-refractivity contribution < 1.29 is 31.4 Å². The molecule has 0 saturated carbocycles. The number of thiocarbonyl (C=S) groups is 1. The van der Waals surface area contributed by atoms with Crippen molar-refractivity contribution in [2.45, 2.75) is 12.4 Å². The van der Waals surface area contributed by atoms with Crippen molar-refractivity contribution in [3.05, 3.63) is 53.6 Å². The Balaban J connectivity index is 2.63. The van der Waals surface area contributed by atoms with E-state index in [1.165, 1.54) is 6.07 Å². The number of hydrogen-bond acceptors (Lipinski definition) is 2. The van der Waals surface area contributed by atoms with Crippen molar-refractivity contribution in [2.75, 3.05) is 4.90 Å². The van der Waals surface area contributed by atoms with E-state index < -0.39 is 40.0 Å². The number of benzene rings is 2. The summed E-state index contributed by atoms with van der Waals surface area (Å²) in [6.07, 6.45) is -9.40. The van der Waals surface area contributed by atoms with Crippen LogP contribution in [0.25, 0.3) is 0 Å². The summed E-state index contributed by atoms with van der Waals surface area (Å²) in [6, 6.07) is 5.61. The van der Waals surface area contributed by atoms with Crippen LogP contribution >= 0.6 is 12.2 Å². The molecule has 0 aliphatic rings. The molecule has 0 heterocycles. The van der Waals surface area contributed by atoms with Gasteiger partial charge in [0.1, 0.15) is 5.75 Å². The predicted octanol–water partition coefficient (Wildman–Crippen LogP) is 4.81. The number of halogens is 6. The lowest BCUT2D eigenvalue weighted by molar-refractivity contribution is -0.138. The van der Waals surface area contributed by atoms with Crippen molar-refractivity contribution in [1.82, 2.24) is 0 Å². The van der Waals surface area contributed by atoms with Gasteiger partial charge in [0.15, 0.2) is 5.11 Å². The summed E-state index contributed by atoms with van der Waals surface area (Å²) in [5, 5.41) is 9.33. The minimum absolute atomic E-state index is 0.239. The van der Waals surface area contributed by atoms with Crippen molar-refractivity contribution in [3.63, 3.8) is 0 Å². The van der Waals surface area contributed by atoms with Crippen LogP contribution in [0.4, 0.5) is 37.7 Å². The molecule has 0 aliphatic carbocycles. The first-order chi connectivity index (χ1) is 11.4. The molecular formula is C15H10F6N2OS. The first kappa shape index (κ1) is 18.8. The van der Waals surface area contributed by atoms with Crippen LogP contribution in [0.3, 0.4) is 0 Å². The van der Waals surface area contributed by atoms with Gasteiger partial charge in [0.2, 0.25) is 0 Å². The van der Waals surface area contributed by atoms with E-state index in [0.29, 0.717) is 18.2 Å². The fraction of sp³-hybridized carbons (Fsp3) is 0.133. The highest BCUT2D eigenvalue weighted by molar-refractivity contribution is 7.80. The Labute approximate surface area is 143 Å². The van der Waals surface area contributed by atoms with E-state index in [-0.39, 0.29) is 5.69 Å². The van der Waals surface area contributed by atoms with Gasteiger partial charge in [-0.25, -0.2) is 0 Å². The molecule has 134 valence electrons. The van der Waals surface area contributed by atoms with E-state index in [1.807, 2.05) is 0 Å². The average molecular weight is 380 g/mol. The molecule has 0 unspecified atom stereocenters. The van der Waals surface area contributed by atoms with Crippen molar-refractivity contribution in [2.24, 2.45) is 5.73 Å². The SMILES string of the molecule is NC(=S)N(c1cccc(C(F)(F)F)c1)c1cc(C(F)(F)F)ccc1O. The third-order valence-electron chi connectivity index (χ3n) is 3.20. The number of alkyl halides is 6. The Hall–Kier alpha value is -2.49. The molecule has 0 spiro atoms. The number of aromatic hydroxyl groups is 1. The molecule has 0 atom stereocenters. The molecule has 0 bridgehead atoms. The Morgan fingerprint density at radius 3 is 2.00 bits per heavy atom. The monoisotopic (exact) mass is 380 g/mol. The van der Waals surface area contributed by atoms with Crippen molar-refractivity contribution >= 4 is 28.7 Å². The second-order valence-corrected chi connectivity index (χ2v) is 5.34. The van der Waals surface area contributed by atoms with E-state index in [2.05, 4.69) is 0 Å². The Bertz CT molecular complexity index is 803. The number of phenolic OH excluding ortho intramolecular Hbond substituents is 1. The number of phenols is 1. The minimum atomic E-state index is -4.72. The molecule has 2 aromatic carbocycles. The highest BCUT2D eigenvalue weighted by atomic mass is 32.1. The quantitative estimate of drug-likeness (QED) is 0.580. The minimum Gasteiger partial charge on any atom is -0.506 e. The van der Waals surface area contributed by atoms with E-state index >= 15 is 0 Å². The van der Waals surface area contributed by atoms with Crippen LogP contribution in [0.1, 0.15) is 11.1 Å². The van der Waals surface area contributed by atoms with Gasteiger partial charge in [-0.1, -0.05) is 6.07 Å². The van der Waals surface area contributed by atoms with Gasteiger partial charge in [0.05, 0.1) is 16.8 Å². The lowest BCUT2D eigenvalue weighted by Gasteiger charge is -2.25. The van der Waals surface area contributed by atoms with Gasteiger partial charge in [-0.3, -0.25) is 4.90 Å². The molecule has 10 heteroatoms. The lowest BCUT2D eigenvalue weighted by atomic mass is 10.1. The van der Waals surface area contributed by atoms with E-state index in [0.717, 1.165) is 23.1 Å². The maximum absolute atomic E-state index is 12.9. The molecule has 3 N–H and O–H groups in total. The summed E-state index contributed by atoms with van der Waals surface area (Å²) in [6.45, 7) is 0. The summed E-state index contributed by atoms with van der Waals surface area (Å²) < 4.78 is 77.2. The third-order valence-corrected chi connectivity index (χ3v) is 3.38. The van der Waals surface area contributed by atoms with Gasteiger partial charge < -0.3 is 10.8 Å². The Morgan fingerprint density at radius 1 is 0.920 bits per heavy atom. The van der Waals surface area contributed by atoms with Crippen LogP contribution in [0.2, 0.25) is 0 Å². The molecule has 0 aliphatic heterocycles. The largest absolute Gasteiger partial charge is 0.506 e. The standard InChI is InChI=1S/C15H10F6N2OS/c16-14(17,18)8-2-1-3-10(6-8)23(13(22)25)11-7-9(15(19,20)21)4-5-12(11)24/h1-7,24H,(H2,22,25). The zero-order valence-electron chi connectivity index (χ0n) is 12.2. The average Bonchev–Trinajstić information content (AvgIpc) is 2.47. The number of anilines is 2. The van der Waals surface area contributed by atoms with Crippen molar-refractivity contribution in [3.8, 4) is 5.75 Å². The molecular weight excluding hydrogens is 370 g/mol. The second-order valence-electron chi connectivity index (χ2n) is 4.92. The highest BCUT2D eigenvalue weighted by Crippen LogP contribution is 2.40. The van der Waals surface area contributed by atoms with Gasteiger partial charge >= 0.3 is 12.4 Å². The third kappa shape index (κ3) is 4.13. The molecule has 3 nitrogen and oxygen atoms in total. The van der Waals surface area contributed by atoms with Gasteiger partial charge in [-0.05, 0) is 48.6 Å². The molecule has 2 aromatic rings. The van der Waals surface area contributed by atoms with E-state index in [4.69, 9.17) is 18.0 Å². The summed E-state index contributed by atoms with van der Waals surface area (Å²) in [7, 11) is 0. The van der Waals surface area contributed by atoms with E-state index in [9.17, 15) is 31.4 Å². The number of hydrogen-bond donors (Lipinski definition) is 2. The van der Waals surface area contributed by atoms with Gasteiger partial charge in [-0.2, -0.15) is 26.3 Å². The van der Waals surface area contributed by atoms with Gasteiger partial charge in [0, 0.05) is 5.69 Å². The zero-order valence-corrected chi connectivity index (χ0v) is 13.0. The van der Waals surface area contributed by atoms with Crippen LogP contribution < -0.4 is 10.6 Å². The fourth-order valence-corrected chi connectivity index (χ4v) is 2.29. The molecule has 25 heavy (non-hydrogen) atoms. The maximum Gasteiger partial charge on any atom is 0.416 e. The molecule has 0 saturated heterocycles. The molecule has 2 rings (SSSR count). The first-order valence-electron chi connectivity index (χ1n) is 6.58. The molecule has 0 amide bonds. The fourth-order valence-electron chi connectivity index (χ4n) is 2.09. The summed E-state index contributed by atoms with van der Waals surface area (Å²) >= 11 is 4.74. The molecule has 0 fully saturated rings. The summed E-state index contributed by atoms with van der Waals surface area (Å²) in [5.41, 5.74) is 2.59.